The van der Waals surface area contributed by atoms with Gasteiger partial charge in [-0.2, -0.15) is 0 Å². The number of aliphatic hydroxyl groups is 1. The van der Waals surface area contributed by atoms with Crippen molar-refractivity contribution in [2.24, 2.45) is 5.92 Å². The minimum atomic E-state index is 0.107. The Morgan fingerprint density at radius 1 is 1.15 bits per heavy atom. The minimum Gasteiger partial charge on any atom is -0.394 e. The zero-order chi connectivity index (χ0) is 9.15. The highest BCUT2D eigenvalue weighted by Gasteiger charge is 2.33. The van der Waals surface area contributed by atoms with Crippen LogP contribution in [0.25, 0.3) is 0 Å². The Labute approximate surface area is 80.7 Å². The van der Waals surface area contributed by atoms with E-state index in [1.165, 1.54) is 44.9 Å². The van der Waals surface area contributed by atoms with Crippen LogP contribution in [-0.4, -0.2) is 23.8 Å². The zero-order valence-electron chi connectivity index (χ0n) is 8.39. The van der Waals surface area contributed by atoms with E-state index in [2.05, 4.69) is 5.32 Å². The first-order valence-corrected chi connectivity index (χ1v) is 5.71. The molecule has 2 fully saturated rings. The van der Waals surface area contributed by atoms with Gasteiger partial charge in [0.05, 0.1) is 6.61 Å². The van der Waals surface area contributed by atoms with E-state index in [0.717, 1.165) is 12.5 Å². The summed E-state index contributed by atoms with van der Waals surface area (Å²) in [7, 11) is 0. The monoisotopic (exact) mass is 183 g/mol. The van der Waals surface area contributed by atoms with Crippen LogP contribution in [0.5, 0.6) is 0 Å². The molecule has 2 aliphatic rings. The van der Waals surface area contributed by atoms with Crippen LogP contribution >= 0.6 is 0 Å². The number of rotatable bonds is 4. The molecule has 0 aromatic rings. The average Bonchev–Trinajstić information content (AvgIpc) is 2.51. The quantitative estimate of drug-likeness (QED) is 0.695. The molecule has 0 amide bonds. The largest absolute Gasteiger partial charge is 0.394 e. The molecule has 0 atom stereocenters. The van der Waals surface area contributed by atoms with Crippen molar-refractivity contribution in [2.75, 3.05) is 13.2 Å². The van der Waals surface area contributed by atoms with E-state index in [4.69, 9.17) is 0 Å². The molecule has 0 aromatic heterocycles. The third kappa shape index (κ3) is 2.05. The Hall–Kier alpha value is -0.0800. The molecular formula is C11H21NO. The zero-order valence-corrected chi connectivity index (χ0v) is 8.39. The lowest BCUT2D eigenvalue weighted by atomic mass is 9.84. The van der Waals surface area contributed by atoms with Crippen molar-refractivity contribution in [3.05, 3.63) is 0 Å². The second kappa shape index (κ2) is 3.97. The maximum Gasteiger partial charge on any atom is 0.0613 e. The fourth-order valence-corrected chi connectivity index (χ4v) is 2.50. The SMILES string of the molecule is OCC1(NCC2CCC2)CCCC1. The second-order valence-corrected chi connectivity index (χ2v) is 4.82. The Bertz CT molecular complexity index is 159. The van der Waals surface area contributed by atoms with Gasteiger partial charge in [0.2, 0.25) is 0 Å². The molecule has 13 heavy (non-hydrogen) atoms. The maximum atomic E-state index is 9.36. The predicted molar refractivity (Wildman–Crippen MR) is 53.6 cm³/mol. The van der Waals surface area contributed by atoms with Gasteiger partial charge in [-0.15, -0.1) is 0 Å². The number of hydrogen-bond donors (Lipinski definition) is 2. The van der Waals surface area contributed by atoms with Crippen molar-refractivity contribution in [1.29, 1.82) is 0 Å². The number of aliphatic hydroxyl groups excluding tert-OH is 1. The van der Waals surface area contributed by atoms with Gasteiger partial charge in [-0.25, -0.2) is 0 Å². The van der Waals surface area contributed by atoms with E-state index in [1.807, 2.05) is 0 Å². The first-order chi connectivity index (χ1) is 6.35. The van der Waals surface area contributed by atoms with Crippen molar-refractivity contribution in [3.8, 4) is 0 Å². The van der Waals surface area contributed by atoms with Gasteiger partial charge in [0, 0.05) is 5.54 Å². The Morgan fingerprint density at radius 2 is 1.85 bits per heavy atom. The molecule has 2 N–H and O–H groups in total. The van der Waals surface area contributed by atoms with Crippen LogP contribution in [0.3, 0.4) is 0 Å². The van der Waals surface area contributed by atoms with Gasteiger partial charge >= 0.3 is 0 Å². The minimum absolute atomic E-state index is 0.107. The highest BCUT2D eigenvalue weighted by molar-refractivity contribution is 4.93. The molecule has 2 saturated carbocycles. The standard InChI is InChI=1S/C11H21NO/c13-9-11(6-1-2-7-11)12-8-10-4-3-5-10/h10,12-13H,1-9H2. The molecular weight excluding hydrogens is 162 g/mol. The average molecular weight is 183 g/mol. The van der Waals surface area contributed by atoms with E-state index in [0.29, 0.717) is 6.61 Å². The van der Waals surface area contributed by atoms with Gasteiger partial charge in [0.15, 0.2) is 0 Å². The van der Waals surface area contributed by atoms with Gasteiger partial charge < -0.3 is 10.4 Å². The summed E-state index contributed by atoms with van der Waals surface area (Å²) < 4.78 is 0. The second-order valence-electron chi connectivity index (χ2n) is 4.82. The van der Waals surface area contributed by atoms with Crippen LogP contribution in [0, 0.1) is 5.92 Å². The van der Waals surface area contributed by atoms with E-state index in [-0.39, 0.29) is 5.54 Å². The van der Waals surface area contributed by atoms with Gasteiger partial charge in [-0.05, 0) is 38.1 Å². The predicted octanol–water partition coefficient (Wildman–Crippen LogP) is 1.68. The van der Waals surface area contributed by atoms with Gasteiger partial charge in [0.25, 0.3) is 0 Å². The Balaban J connectivity index is 1.75. The highest BCUT2D eigenvalue weighted by atomic mass is 16.3. The third-order valence-corrected chi connectivity index (χ3v) is 3.85. The molecule has 0 aliphatic heterocycles. The summed E-state index contributed by atoms with van der Waals surface area (Å²) in [6.07, 6.45) is 9.14. The summed E-state index contributed by atoms with van der Waals surface area (Å²) in [5, 5.41) is 13.0. The summed E-state index contributed by atoms with van der Waals surface area (Å²) in [6.45, 7) is 1.47. The van der Waals surface area contributed by atoms with Crippen LogP contribution in [-0.2, 0) is 0 Å². The van der Waals surface area contributed by atoms with Crippen molar-refractivity contribution in [2.45, 2.75) is 50.5 Å². The molecule has 2 aliphatic carbocycles. The lowest BCUT2D eigenvalue weighted by molar-refractivity contribution is 0.149. The smallest absolute Gasteiger partial charge is 0.0613 e. The fourth-order valence-electron chi connectivity index (χ4n) is 2.50. The van der Waals surface area contributed by atoms with Gasteiger partial charge in [0.1, 0.15) is 0 Å². The van der Waals surface area contributed by atoms with Crippen LogP contribution in [0.1, 0.15) is 44.9 Å². The first kappa shape index (κ1) is 9.47. The van der Waals surface area contributed by atoms with Crippen molar-refractivity contribution >= 4 is 0 Å². The maximum absolute atomic E-state index is 9.36. The van der Waals surface area contributed by atoms with E-state index >= 15 is 0 Å². The highest BCUT2D eigenvalue weighted by Crippen LogP contribution is 2.31. The molecule has 2 heteroatoms. The molecule has 0 unspecified atom stereocenters. The summed E-state index contributed by atoms with van der Waals surface area (Å²) >= 11 is 0. The number of nitrogens with one attached hydrogen (secondary N) is 1. The van der Waals surface area contributed by atoms with E-state index in [1.54, 1.807) is 0 Å². The molecule has 2 nitrogen and oxygen atoms in total. The van der Waals surface area contributed by atoms with Crippen molar-refractivity contribution in [1.82, 2.24) is 5.32 Å². The third-order valence-electron chi connectivity index (χ3n) is 3.85. The molecule has 0 heterocycles. The lowest BCUT2D eigenvalue weighted by Crippen LogP contribution is -2.48. The van der Waals surface area contributed by atoms with Gasteiger partial charge in [-0.1, -0.05) is 19.3 Å². The van der Waals surface area contributed by atoms with E-state index < -0.39 is 0 Å². The van der Waals surface area contributed by atoms with Crippen LogP contribution < -0.4 is 5.32 Å². The normalized spacial score (nSPS) is 27.5. The molecule has 0 bridgehead atoms. The first-order valence-electron chi connectivity index (χ1n) is 5.71. The topological polar surface area (TPSA) is 32.3 Å². The molecule has 0 spiro atoms. The number of hydrogen-bond acceptors (Lipinski definition) is 2. The van der Waals surface area contributed by atoms with Crippen molar-refractivity contribution < 1.29 is 5.11 Å². The van der Waals surface area contributed by atoms with Crippen LogP contribution in [0.2, 0.25) is 0 Å². The molecule has 0 radical (unpaired) electrons. The van der Waals surface area contributed by atoms with Crippen LogP contribution in [0.15, 0.2) is 0 Å². The summed E-state index contributed by atoms with van der Waals surface area (Å²) in [5.74, 6) is 0.907. The molecule has 0 saturated heterocycles. The molecule has 76 valence electrons. The van der Waals surface area contributed by atoms with Gasteiger partial charge in [-0.3, -0.25) is 0 Å². The van der Waals surface area contributed by atoms with Crippen LogP contribution in [0.4, 0.5) is 0 Å². The lowest BCUT2D eigenvalue weighted by Gasteiger charge is -2.33. The molecule has 0 aromatic carbocycles. The Kier molecular flexibility index (Phi) is 2.89. The van der Waals surface area contributed by atoms with Crippen molar-refractivity contribution in [3.63, 3.8) is 0 Å². The summed E-state index contributed by atoms with van der Waals surface area (Å²) in [4.78, 5) is 0. The summed E-state index contributed by atoms with van der Waals surface area (Å²) in [6, 6.07) is 0. The van der Waals surface area contributed by atoms with E-state index in [9.17, 15) is 5.11 Å². The molecule has 2 rings (SSSR count). The fraction of sp³-hybridized carbons (Fsp3) is 1.00. The summed E-state index contributed by atoms with van der Waals surface area (Å²) in [5.41, 5.74) is 0.107. The Morgan fingerprint density at radius 3 is 2.31 bits per heavy atom.